The summed E-state index contributed by atoms with van der Waals surface area (Å²) in [5.41, 5.74) is 8.80. The van der Waals surface area contributed by atoms with Crippen molar-refractivity contribution < 1.29 is 4.74 Å². The molecule has 0 fully saturated rings. The van der Waals surface area contributed by atoms with E-state index in [4.69, 9.17) is 10.5 Å². The van der Waals surface area contributed by atoms with Crippen molar-refractivity contribution in [3.8, 4) is 10.9 Å². The van der Waals surface area contributed by atoms with Gasteiger partial charge in [-0.1, -0.05) is 13.8 Å². The number of nitrogens with zero attached hydrogens (tertiary/aromatic N) is 2. The Bertz CT molecular complexity index is 509. The Balaban J connectivity index is 2.41. The zero-order valence-corrected chi connectivity index (χ0v) is 10.9. The normalized spacial score (nSPS) is 10.8. The molecule has 1 heterocycles. The molecule has 2 N–H and O–H groups in total. The SMILES string of the molecule is Cc1cc(Oc2ncns2)c(C(C)C)cc1N. The number of rotatable bonds is 3. The van der Waals surface area contributed by atoms with Crippen LogP contribution in [0, 0.1) is 6.92 Å². The van der Waals surface area contributed by atoms with Crippen molar-refractivity contribution in [1.82, 2.24) is 9.36 Å². The Morgan fingerprint density at radius 1 is 1.35 bits per heavy atom. The number of benzene rings is 1. The maximum atomic E-state index is 5.92. The van der Waals surface area contributed by atoms with Crippen LogP contribution in [0.2, 0.25) is 0 Å². The molecular formula is C12H15N3OS. The average Bonchev–Trinajstić information content (AvgIpc) is 2.75. The topological polar surface area (TPSA) is 61.0 Å². The highest BCUT2D eigenvalue weighted by Crippen LogP contribution is 2.34. The number of aryl methyl sites for hydroxylation is 1. The largest absolute Gasteiger partial charge is 0.430 e. The molecule has 4 nitrogen and oxygen atoms in total. The highest BCUT2D eigenvalue weighted by Gasteiger charge is 2.12. The first-order chi connectivity index (χ1) is 8.08. The number of ether oxygens (including phenoxy) is 1. The van der Waals surface area contributed by atoms with Crippen molar-refractivity contribution in [1.29, 1.82) is 0 Å². The zero-order valence-electron chi connectivity index (χ0n) is 10.1. The van der Waals surface area contributed by atoms with Gasteiger partial charge in [0.1, 0.15) is 12.1 Å². The van der Waals surface area contributed by atoms with Gasteiger partial charge in [-0.05, 0) is 36.1 Å². The second-order valence-corrected chi connectivity index (χ2v) is 4.95. The lowest BCUT2D eigenvalue weighted by atomic mass is 9.99. The molecule has 0 atom stereocenters. The molecule has 0 unspecified atom stereocenters. The van der Waals surface area contributed by atoms with E-state index in [9.17, 15) is 0 Å². The zero-order chi connectivity index (χ0) is 12.4. The summed E-state index contributed by atoms with van der Waals surface area (Å²) >= 11 is 1.23. The first-order valence-electron chi connectivity index (χ1n) is 5.42. The molecular weight excluding hydrogens is 234 g/mol. The van der Waals surface area contributed by atoms with Gasteiger partial charge in [-0.2, -0.15) is 9.36 Å². The quantitative estimate of drug-likeness (QED) is 0.847. The number of hydrogen-bond acceptors (Lipinski definition) is 5. The van der Waals surface area contributed by atoms with Crippen molar-refractivity contribution in [3.63, 3.8) is 0 Å². The van der Waals surface area contributed by atoms with Crippen LogP contribution in [0.3, 0.4) is 0 Å². The number of nitrogens with two attached hydrogens (primary N) is 1. The van der Waals surface area contributed by atoms with Gasteiger partial charge in [0.15, 0.2) is 0 Å². The predicted octanol–water partition coefficient (Wildman–Crippen LogP) is 3.34. The van der Waals surface area contributed by atoms with Crippen molar-refractivity contribution in [3.05, 3.63) is 29.6 Å². The second-order valence-electron chi connectivity index (χ2n) is 4.21. The molecule has 0 saturated carbocycles. The maximum absolute atomic E-state index is 5.92. The maximum Gasteiger partial charge on any atom is 0.298 e. The van der Waals surface area contributed by atoms with Gasteiger partial charge in [0.25, 0.3) is 5.19 Å². The van der Waals surface area contributed by atoms with Crippen molar-refractivity contribution in [2.45, 2.75) is 26.7 Å². The Hall–Kier alpha value is -1.62. The van der Waals surface area contributed by atoms with Gasteiger partial charge in [-0.15, -0.1) is 0 Å². The molecule has 0 aliphatic rings. The van der Waals surface area contributed by atoms with E-state index in [1.165, 1.54) is 17.9 Å². The molecule has 0 aliphatic carbocycles. The Kier molecular flexibility index (Phi) is 3.28. The van der Waals surface area contributed by atoms with Crippen molar-refractivity contribution in [2.75, 3.05) is 5.73 Å². The smallest absolute Gasteiger partial charge is 0.298 e. The molecule has 5 heteroatoms. The van der Waals surface area contributed by atoms with E-state index in [2.05, 4.69) is 23.2 Å². The summed E-state index contributed by atoms with van der Waals surface area (Å²) in [7, 11) is 0. The van der Waals surface area contributed by atoms with Crippen molar-refractivity contribution in [2.24, 2.45) is 0 Å². The first kappa shape index (κ1) is 11.9. The predicted molar refractivity (Wildman–Crippen MR) is 69.7 cm³/mol. The van der Waals surface area contributed by atoms with Crippen LogP contribution in [-0.2, 0) is 0 Å². The average molecular weight is 249 g/mol. The highest BCUT2D eigenvalue weighted by molar-refractivity contribution is 7.07. The van der Waals surface area contributed by atoms with Gasteiger partial charge in [-0.3, -0.25) is 0 Å². The van der Waals surface area contributed by atoms with E-state index in [1.807, 2.05) is 19.1 Å². The number of nitrogen functional groups attached to an aromatic ring is 1. The van der Waals surface area contributed by atoms with Crippen LogP contribution in [0.15, 0.2) is 18.5 Å². The first-order valence-corrected chi connectivity index (χ1v) is 6.20. The molecule has 0 bridgehead atoms. The van der Waals surface area contributed by atoms with Gasteiger partial charge in [0, 0.05) is 17.2 Å². The lowest BCUT2D eigenvalue weighted by molar-refractivity contribution is 0.469. The minimum Gasteiger partial charge on any atom is -0.430 e. The third-order valence-corrected chi connectivity index (χ3v) is 3.10. The van der Waals surface area contributed by atoms with Gasteiger partial charge in [0.05, 0.1) is 0 Å². The van der Waals surface area contributed by atoms with E-state index < -0.39 is 0 Å². The number of aromatic nitrogens is 2. The standard InChI is InChI=1S/C12H15N3OS/c1-7(2)9-5-10(13)8(3)4-11(9)16-12-14-6-15-17-12/h4-7H,13H2,1-3H3. The van der Waals surface area contributed by atoms with Gasteiger partial charge < -0.3 is 10.5 Å². The minimum atomic E-state index is 0.348. The van der Waals surface area contributed by atoms with E-state index >= 15 is 0 Å². The van der Waals surface area contributed by atoms with Gasteiger partial charge in [-0.25, -0.2) is 0 Å². The van der Waals surface area contributed by atoms with Crippen LogP contribution in [0.25, 0.3) is 0 Å². The molecule has 0 radical (unpaired) electrons. The summed E-state index contributed by atoms with van der Waals surface area (Å²) in [6, 6.07) is 3.92. The fourth-order valence-corrected chi connectivity index (χ4v) is 1.96. The third kappa shape index (κ3) is 2.55. The molecule has 2 rings (SSSR count). The summed E-state index contributed by atoms with van der Waals surface area (Å²) in [6.45, 7) is 6.18. The molecule has 2 aromatic rings. The van der Waals surface area contributed by atoms with Gasteiger partial charge >= 0.3 is 0 Å². The van der Waals surface area contributed by atoms with Crippen LogP contribution in [0.1, 0.15) is 30.9 Å². The van der Waals surface area contributed by atoms with Crippen LogP contribution in [-0.4, -0.2) is 9.36 Å². The summed E-state index contributed by atoms with van der Waals surface area (Å²) < 4.78 is 9.65. The van der Waals surface area contributed by atoms with Gasteiger partial charge in [0.2, 0.25) is 0 Å². The summed E-state index contributed by atoms with van der Waals surface area (Å²) in [4.78, 5) is 4.02. The Labute approximate surface area is 105 Å². The molecule has 0 spiro atoms. The number of hydrogen-bond donors (Lipinski definition) is 1. The fourth-order valence-electron chi connectivity index (χ4n) is 1.56. The number of anilines is 1. The summed E-state index contributed by atoms with van der Waals surface area (Å²) in [5.74, 6) is 1.16. The van der Waals surface area contributed by atoms with Crippen LogP contribution in [0.5, 0.6) is 10.9 Å². The van der Waals surface area contributed by atoms with E-state index in [0.717, 1.165) is 22.6 Å². The Morgan fingerprint density at radius 2 is 2.12 bits per heavy atom. The van der Waals surface area contributed by atoms with Crippen LogP contribution >= 0.6 is 11.5 Å². The lowest BCUT2D eigenvalue weighted by Crippen LogP contribution is -1.98. The van der Waals surface area contributed by atoms with Crippen LogP contribution in [0.4, 0.5) is 5.69 Å². The minimum absolute atomic E-state index is 0.348. The molecule has 1 aromatic heterocycles. The second kappa shape index (κ2) is 4.71. The molecule has 0 aliphatic heterocycles. The van der Waals surface area contributed by atoms with Crippen molar-refractivity contribution >= 4 is 17.2 Å². The lowest BCUT2D eigenvalue weighted by Gasteiger charge is -2.14. The van der Waals surface area contributed by atoms with E-state index in [1.54, 1.807) is 0 Å². The molecule has 0 amide bonds. The third-order valence-electron chi connectivity index (χ3n) is 2.56. The molecule has 0 saturated heterocycles. The van der Waals surface area contributed by atoms with E-state index in [-0.39, 0.29) is 0 Å². The molecule has 90 valence electrons. The molecule has 17 heavy (non-hydrogen) atoms. The highest BCUT2D eigenvalue weighted by atomic mass is 32.1. The summed E-state index contributed by atoms with van der Waals surface area (Å²) in [5, 5.41) is 0.552. The van der Waals surface area contributed by atoms with Crippen LogP contribution < -0.4 is 10.5 Å². The monoisotopic (exact) mass is 249 g/mol. The molecule has 1 aromatic carbocycles. The van der Waals surface area contributed by atoms with E-state index in [0.29, 0.717) is 11.1 Å². The fraction of sp³-hybridized carbons (Fsp3) is 0.333. The Morgan fingerprint density at radius 3 is 2.71 bits per heavy atom. The summed E-state index contributed by atoms with van der Waals surface area (Å²) in [6.07, 6.45) is 1.49.